The molecule has 5 nitrogen and oxygen atoms in total. The van der Waals surface area contributed by atoms with Gasteiger partial charge in [0.1, 0.15) is 6.54 Å². The lowest BCUT2D eigenvalue weighted by Crippen LogP contribution is -2.34. The first-order valence-corrected chi connectivity index (χ1v) is 11.2. The highest BCUT2D eigenvalue weighted by molar-refractivity contribution is 8.04. The van der Waals surface area contributed by atoms with Crippen LogP contribution in [0.3, 0.4) is 0 Å². The predicted molar refractivity (Wildman–Crippen MR) is 126 cm³/mol. The summed E-state index contributed by atoms with van der Waals surface area (Å²) in [5, 5.41) is 3.38. The molecule has 3 rings (SSSR count). The van der Waals surface area contributed by atoms with Gasteiger partial charge in [-0.2, -0.15) is 0 Å². The van der Waals surface area contributed by atoms with Crippen LogP contribution < -0.4 is 5.32 Å². The number of anilines is 1. The monoisotopic (exact) mass is 436 g/mol. The van der Waals surface area contributed by atoms with E-state index in [9.17, 15) is 14.4 Å². The second-order valence-corrected chi connectivity index (χ2v) is 9.73. The minimum absolute atomic E-state index is 0.00751. The van der Waals surface area contributed by atoms with E-state index in [0.29, 0.717) is 10.6 Å². The molecule has 31 heavy (non-hydrogen) atoms. The van der Waals surface area contributed by atoms with Crippen LogP contribution in [0.2, 0.25) is 0 Å². The van der Waals surface area contributed by atoms with Gasteiger partial charge in [0.05, 0.1) is 10.8 Å². The molecule has 0 atom stereocenters. The van der Waals surface area contributed by atoms with Crippen molar-refractivity contribution in [3.8, 4) is 0 Å². The van der Waals surface area contributed by atoms with E-state index in [2.05, 4.69) is 26.1 Å². The quantitative estimate of drug-likeness (QED) is 0.538. The minimum atomic E-state index is -0.294. The fourth-order valence-corrected chi connectivity index (χ4v) is 4.19. The molecule has 2 amide bonds. The maximum atomic E-state index is 12.7. The van der Waals surface area contributed by atoms with Crippen LogP contribution in [0, 0.1) is 13.8 Å². The van der Waals surface area contributed by atoms with Crippen molar-refractivity contribution >= 4 is 35.0 Å². The summed E-state index contributed by atoms with van der Waals surface area (Å²) in [5.74, 6) is -0.433. The molecule has 2 aromatic carbocycles. The Bertz CT molecular complexity index is 1050. The molecular weight excluding hydrogens is 408 g/mol. The molecule has 1 N–H and O–H groups in total. The summed E-state index contributed by atoms with van der Waals surface area (Å²) in [6.45, 7) is 10.2. The number of hydrogen-bond acceptors (Lipinski definition) is 4. The molecule has 0 bridgehead atoms. The highest BCUT2D eigenvalue weighted by atomic mass is 32.2. The predicted octanol–water partition coefficient (Wildman–Crippen LogP) is 4.84. The molecular formula is C25H28N2O3S. The Balaban J connectivity index is 1.73. The van der Waals surface area contributed by atoms with Gasteiger partial charge in [0.2, 0.25) is 11.8 Å². The third kappa shape index (κ3) is 5.44. The number of amides is 2. The first kappa shape index (κ1) is 22.8. The molecule has 0 unspecified atom stereocenters. The van der Waals surface area contributed by atoms with Crippen molar-refractivity contribution < 1.29 is 14.4 Å². The molecule has 162 valence electrons. The Morgan fingerprint density at radius 3 is 2.42 bits per heavy atom. The van der Waals surface area contributed by atoms with Gasteiger partial charge in [0, 0.05) is 17.3 Å². The zero-order valence-electron chi connectivity index (χ0n) is 18.6. The lowest BCUT2D eigenvalue weighted by Gasteiger charge is -2.19. The fourth-order valence-electron chi connectivity index (χ4n) is 3.25. The summed E-state index contributed by atoms with van der Waals surface area (Å²) in [4.78, 5) is 39.0. The van der Waals surface area contributed by atoms with Crippen LogP contribution in [0.4, 0.5) is 5.69 Å². The molecule has 1 aliphatic rings. The normalized spacial score (nSPS) is 15.5. The lowest BCUT2D eigenvalue weighted by molar-refractivity contribution is -0.129. The van der Waals surface area contributed by atoms with E-state index in [0.717, 1.165) is 22.4 Å². The number of hydrogen-bond donors (Lipinski definition) is 1. The zero-order chi connectivity index (χ0) is 22.8. The Hall–Kier alpha value is -2.86. The molecule has 1 fully saturated rings. The van der Waals surface area contributed by atoms with Crippen LogP contribution in [0.15, 0.2) is 53.6 Å². The van der Waals surface area contributed by atoms with Gasteiger partial charge < -0.3 is 5.32 Å². The summed E-state index contributed by atoms with van der Waals surface area (Å²) < 4.78 is 0. The van der Waals surface area contributed by atoms with Crippen molar-refractivity contribution in [2.45, 2.75) is 40.0 Å². The Morgan fingerprint density at radius 1 is 1.10 bits per heavy atom. The first-order chi connectivity index (χ1) is 14.6. The number of nitrogens with one attached hydrogen (secondary N) is 1. The molecule has 2 aromatic rings. The molecule has 1 aliphatic heterocycles. The third-order valence-electron chi connectivity index (χ3n) is 5.38. The maximum absolute atomic E-state index is 12.7. The number of benzene rings is 2. The van der Waals surface area contributed by atoms with E-state index in [4.69, 9.17) is 0 Å². The maximum Gasteiger partial charge on any atom is 0.244 e. The van der Waals surface area contributed by atoms with Gasteiger partial charge in [0.25, 0.3) is 0 Å². The first-order valence-electron chi connectivity index (χ1n) is 10.2. The Morgan fingerprint density at radius 2 is 1.77 bits per heavy atom. The molecule has 6 heteroatoms. The number of carbonyl (C=O) groups is 3. The van der Waals surface area contributed by atoms with Crippen molar-refractivity contribution in [2.24, 2.45) is 0 Å². The lowest BCUT2D eigenvalue weighted by atomic mass is 9.86. The van der Waals surface area contributed by atoms with E-state index < -0.39 is 0 Å². The number of aryl methyl sites for hydroxylation is 1. The molecule has 0 radical (unpaired) electrons. The van der Waals surface area contributed by atoms with E-state index in [1.54, 1.807) is 12.1 Å². The summed E-state index contributed by atoms with van der Waals surface area (Å²) in [7, 11) is 0. The number of nitrogens with zero attached hydrogens (tertiary/aromatic N) is 1. The van der Waals surface area contributed by atoms with Crippen LogP contribution in [-0.4, -0.2) is 34.8 Å². The van der Waals surface area contributed by atoms with Crippen LogP contribution >= 0.6 is 11.8 Å². The van der Waals surface area contributed by atoms with Gasteiger partial charge in [-0.15, -0.1) is 0 Å². The second-order valence-electron chi connectivity index (χ2n) is 8.74. The van der Waals surface area contributed by atoms with Gasteiger partial charge in [-0.05, 0) is 42.0 Å². The van der Waals surface area contributed by atoms with E-state index in [1.165, 1.54) is 22.7 Å². The van der Waals surface area contributed by atoms with Crippen LogP contribution in [0.5, 0.6) is 0 Å². The minimum Gasteiger partial charge on any atom is -0.324 e. The standard InChI is InChI=1S/C25H28N2O3S/c1-16-7-6-8-20(17(16)2)26-22(29)14-27-23(30)15-31-24(27)13-21(28)18-9-11-19(12-10-18)25(3,4)5/h6-13H,14-15H2,1-5H3,(H,26,29). The Kier molecular flexibility index (Phi) is 6.70. The number of rotatable bonds is 5. The summed E-state index contributed by atoms with van der Waals surface area (Å²) in [6, 6.07) is 13.2. The third-order valence-corrected chi connectivity index (χ3v) is 6.41. The fraction of sp³-hybridized carbons (Fsp3) is 0.320. The summed E-state index contributed by atoms with van der Waals surface area (Å²) in [6.07, 6.45) is 1.45. The van der Waals surface area contributed by atoms with E-state index in [1.807, 2.05) is 44.2 Å². The highest BCUT2D eigenvalue weighted by Gasteiger charge is 2.29. The number of carbonyl (C=O) groups excluding carboxylic acids is 3. The summed E-state index contributed by atoms with van der Waals surface area (Å²) >= 11 is 1.28. The average molecular weight is 437 g/mol. The average Bonchev–Trinajstić information content (AvgIpc) is 3.04. The topological polar surface area (TPSA) is 66.5 Å². The van der Waals surface area contributed by atoms with Gasteiger partial charge >= 0.3 is 0 Å². The number of ketones is 1. The summed E-state index contributed by atoms with van der Waals surface area (Å²) in [5.41, 5.74) is 4.50. The largest absolute Gasteiger partial charge is 0.324 e. The van der Waals surface area contributed by atoms with Crippen LogP contribution in [0.25, 0.3) is 0 Å². The van der Waals surface area contributed by atoms with Gasteiger partial charge in [0.15, 0.2) is 5.78 Å². The zero-order valence-corrected chi connectivity index (χ0v) is 19.4. The molecule has 0 aromatic heterocycles. The number of allylic oxidation sites excluding steroid dienone is 1. The van der Waals surface area contributed by atoms with Gasteiger partial charge in [-0.25, -0.2) is 0 Å². The van der Waals surface area contributed by atoms with Crippen LogP contribution in [0.1, 0.15) is 47.8 Å². The molecule has 0 saturated carbocycles. The van der Waals surface area contributed by atoms with E-state index >= 15 is 0 Å². The van der Waals surface area contributed by atoms with Crippen molar-refractivity contribution in [3.63, 3.8) is 0 Å². The molecule has 1 saturated heterocycles. The van der Waals surface area contributed by atoms with Crippen molar-refractivity contribution in [1.82, 2.24) is 4.90 Å². The molecule has 0 aliphatic carbocycles. The Labute approximate surface area is 187 Å². The van der Waals surface area contributed by atoms with Crippen molar-refractivity contribution in [2.75, 3.05) is 17.6 Å². The molecule has 0 spiro atoms. The van der Waals surface area contributed by atoms with Crippen molar-refractivity contribution in [3.05, 3.63) is 75.8 Å². The van der Waals surface area contributed by atoms with Gasteiger partial charge in [-0.1, -0.05) is 68.9 Å². The number of thioether (sulfide) groups is 1. The second kappa shape index (κ2) is 9.10. The van der Waals surface area contributed by atoms with Crippen molar-refractivity contribution in [1.29, 1.82) is 0 Å². The highest BCUT2D eigenvalue weighted by Crippen LogP contribution is 2.30. The van der Waals surface area contributed by atoms with Gasteiger partial charge in [-0.3, -0.25) is 19.3 Å². The molecule has 1 heterocycles. The van der Waals surface area contributed by atoms with Crippen LogP contribution in [-0.2, 0) is 15.0 Å². The van der Waals surface area contributed by atoms with E-state index in [-0.39, 0.29) is 35.3 Å². The smallest absolute Gasteiger partial charge is 0.244 e. The SMILES string of the molecule is Cc1cccc(NC(=O)CN2C(=O)CSC2=CC(=O)c2ccc(C(C)(C)C)cc2)c1C.